The number of aromatic nitrogens is 1. The van der Waals surface area contributed by atoms with Crippen molar-refractivity contribution in [3.05, 3.63) is 17.8 Å². The van der Waals surface area contributed by atoms with Crippen LogP contribution in [0, 0.1) is 0 Å². The van der Waals surface area contributed by atoms with Gasteiger partial charge >= 0.3 is 0 Å². The molecule has 88 valence electrons. The number of nitrogens with zero attached hydrogens (tertiary/aromatic N) is 2. The Bertz CT molecular complexity index is 381. The highest BCUT2D eigenvalue weighted by Gasteiger charge is 2.11. The lowest BCUT2D eigenvalue weighted by Crippen LogP contribution is -2.27. The number of nitrogen functional groups attached to an aromatic ring is 1. The van der Waals surface area contributed by atoms with Gasteiger partial charge in [-0.1, -0.05) is 0 Å². The summed E-state index contributed by atoms with van der Waals surface area (Å²) in [6.45, 7) is 3.07. The highest BCUT2D eigenvalue weighted by atomic mass is 16.3. The Morgan fingerprint density at radius 3 is 2.81 bits per heavy atom. The highest BCUT2D eigenvalue weighted by molar-refractivity contribution is 5.98. The minimum atomic E-state index is -0.582. The molecule has 1 aromatic heterocycles. The number of primary amides is 1. The van der Waals surface area contributed by atoms with Gasteiger partial charge in [-0.3, -0.25) is 4.79 Å². The Kier molecular flexibility index (Phi) is 4.07. The van der Waals surface area contributed by atoms with Crippen LogP contribution >= 0.6 is 0 Å². The lowest BCUT2D eigenvalue weighted by molar-refractivity contribution is 0.100. The molecule has 0 spiro atoms. The molecular weight excluding hydrogens is 208 g/mol. The Morgan fingerprint density at radius 1 is 1.62 bits per heavy atom. The van der Waals surface area contributed by atoms with E-state index in [0.717, 1.165) is 0 Å². The summed E-state index contributed by atoms with van der Waals surface area (Å²) in [6, 6.07) is 1.54. The van der Waals surface area contributed by atoms with Gasteiger partial charge in [-0.15, -0.1) is 0 Å². The summed E-state index contributed by atoms with van der Waals surface area (Å²) in [4.78, 5) is 17.0. The third-order valence-electron chi connectivity index (χ3n) is 2.26. The molecule has 0 bridgehead atoms. The molecule has 0 aliphatic carbocycles. The van der Waals surface area contributed by atoms with Gasteiger partial charge < -0.3 is 21.5 Å². The van der Waals surface area contributed by atoms with Crippen LogP contribution in [0.1, 0.15) is 17.3 Å². The second-order valence-corrected chi connectivity index (χ2v) is 3.30. The smallest absolute Gasteiger partial charge is 0.250 e. The fourth-order valence-corrected chi connectivity index (χ4v) is 1.40. The zero-order valence-corrected chi connectivity index (χ0v) is 9.18. The molecule has 1 rings (SSSR count). The van der Waals surface area contributed by atoms with E-state index >= 15 is 0 Å². The number of rotatable bonds is 5. The first-order chi connectivity index (χ1) is 7.60. The van der Waals surface area contributed by atoms with Crippen molar-refractivity contribution in [2.45, 2.75) is 6.92 Å². The number of anilines is 2. The monoisotopic (exact) mass is 224 g/mol. The molecule has 0 aromatic carbocycles. The number of aliphatic hydroxyl groups excluding tert-OH is 1. The van der Waals surface area contributed by atoms with Gasteiger partial charge in [0.1, 0.15) is 5.82 Å². The molecule has 0 aliphatic rings. The normalized spacial score (nSPS) is 10.1. The molecule has 0 atom stereocenters. The summed E-state index contributed by atoms with van der Waals surface area (Å²) in [5, 5.41) is 8.88. The standard InChI is InChI=1S/C10H16N4O2/c1-2-14(3-4-15)9-5-7(10(12)16)8(11)6-13-9/h5-6,15H,2-4,11H2,1H3,(H2,12,16). The Hall–Kier alpha value is -1.82. The van der Waals surface area contributed by atoms with Crippen molar-refractivity contribution >= 4 is 17.4 Å². The summed E-state index contributed by atoms with van der Waals surface area (Å²) in [7, 11) is 0. The maximum atomic E-state index is 11.1. The number of pyridine rings is 1. The third-order valence-corrected chi connectivity index (χ3v) is 2.26. The second-order valence-electron chi connectivity index (χ2n) is 3.30. The number of hydrogen-bond donors (Lipinski definition) is 3. The number of likely N-dealkylation sites (N-methyl/N-ethyl adjacent to an activating group) is 1. The van der Waals surface area contributed by atoms with E-state index in [1.54, 1.807) is 0 Å². The first kappa shape index (κ1) is 12.3. The van der Waals surface area contributed by atoms with Crippen LogP contribution in [-0.4, -0.2) is 35.7 Å². The minimum absolute atomic E-state index is 0.0196. The molecule has 0 aliphatic heterocycles. The molecule has 0 saturated heterocycles. The van der Waals surface area contributed by atoms with Gasteiger partial charge in [0.15, 0.2) is 0 Å². The number of aliphatic hydroxyl groups is 1. The molecule has 16 heavy (non-hydrogen) atoms. The quantitative estimate of drug-likeness (QED) is 0.630. The van der Waals surface area contributed by atoms with Crippen LogP contribution in [0.2, 0.25) is 0 Å². The molecule has 1 heterocycles. The van der Waals surface area contributed by atoms with E-state index in [4.69, 9.17) is 16.6 Å². The zero-order chi connectivity index (χ0) is 12.1. The Morgan fingerprint density at radius 2 is 2.31 bits per heavy atom. The largest absolute Gasteiger partial charge is 0.397 e. The summed E-state index contributed by atoms with van der Waals surface area (Å²) < 4.78 is 0. The molecule has 1 amide bonds. The van der Waals surface area contributed by atoms with Crippen molar-refractivity contribution in [3.63, 3.8) is 0 Å². The van der Waals surface area contributed by atoms with Gasteiger partial charge in [-0.25, -0.2) is 4.98 Å². The number of nitrogens with two attached hydrogens (primary N) is 2. The molecule has 0 radical (unpaired) electrons. The lowest BCUT2D eigenvalue weighted by Gasteiger charge is -2.21. The van der Waals surface area contributed by atoms with Gasteiger partial charge in [0.2, 0.25) is 0 Å². The van der Waals surface area contributed by atoms with Crippen molar-refractivity contribution < 1.29 is 9.90 Å². The number of hydrogen-bond acceptors (Lipinski definition) is 5. The summed E-state index contributed by atoms with van der Waals surface area (Å²) >= 11 is 0. The van der Waals surface area contributed by atoms with Crippen molar-refractivity contribution in [2.24, 2.45) is 5.73 Å². The SMILES string of the molecule is CCN(CCO)c1cc(C(N)=O)c(N)cn1. The fraction of sp³-hybridized carbons (Fsp3) is 0.400. The average molecular weight is 224 g/mol. The Balaban J connectivity index is 3.05. The van der Waals surface area contributed by atoms with Crippen LogP contribution in [0.15, 0.2) is 12.3 Å². The van der Waals surface area contributed by atoms with Crippen molar-refractivity contribution in [1.82, 2.24) is 4.98 Å². The molecule has 6 nitrogen and oxygen atoms in total. The second kappa shape index (κ2) is 5.32. The van der Waals surface area contributed by atoms with E-state index in [-0.39, 0.29) is 17.9 Å². The molecule has 0 unspecified atom stereocenters. The van der Waals surface area contributed by atoms with Gasteiger partial charge in [0, 0.05) is 13.1 Å². The predicted molar refractivity (Wildman–Crippen MR) is 62.1 cm³/mol. The lowest BCUT2D eigenvalue weighted by atomic mass is 10.2. The summed E-state index contributed by atoms with van der Waals surface area (Å²) in [5.74, 6) is 0.000696. The van der Waals surface area contributed by atoms with Gasteiger partial charge in [0.05, 0.1) is 24.1 Å². The van der Waals surface area contributed by atoms with E-state index in [1.165, 1.54) is 12.3 Å². The summed E-state index contributed by atoms with van der Waals surface area (Å²) in [6.07, 6.45) is 1.40. The van der Waals surface area contributed by atoms with E-state index < -0.39 is 5.91 Å². The molecule has 0 fully saturated rings. The van der Waals surface area contributed by atoms with Crippen molar-refractivity contribution in [1.29, 1.82) is 0 Å². The van der Waals surface area contributed by atoms with Crippen LogP contribution < -0.4 is 16.4 Å². The first-order valence-electron chi connectivity index (χ1n) is 5.01. The van der Waals surface area contributed by atoms with Gasteiger partial charge in [-0.05, 0) is 13.0 Å². The van der Waals surface area contributed by atoms with Crippen LogP contribution in [0.25, 0.3) is 0 Å². The number of carbonyl (C=O) groups is 1. The van der Waals surface area contributed by atoms with E-state index in [0.29, 0.717) is 18.9 Å². The van der Waals surface area contributed by atoms with E-state index in [9.17, 15) is 4.79 Å². The third kappa shape index (κ3) is 2.60. The van der Waals surface area contributed by atoms with Crippen molar-refractivity contribution in [3.8, 4) is 0 Å². The van der Waals surface area contributed by atoms with Crippen LogP contribution in [0.3, 0.4) is 0 Å². The first-order valence-corrected chi connectivity index (χ1v) is 5.01. The average Bonchev–Trinajstić information content (AvgIpc) is 2.26. The predicted octanol–water partition coefficient (Wildman–Crippen LogP) is -0.419. The zero-order valence-electron chi connectivity index (χ0n) is 9.18. The van der Waals surface area contributed by atoms with Crippen LogP contribution in [0.5, 0.6) is 0 Å². The van der Waals surface area contributed by atoms with Crippen molar-refractivity contribution in [2.75, 3.05) is 30.3 Å². The fourth-order valence-electron chi connectivity index (χ4n) is 1.40. The van der Waals surface area contributed by atoms with Crippen LogP contribution in [0.4, 0.5) is 11.5 Å². The highest BCUT2D eigenvalue weighted by Crippen LogP contribution is 2.17. The molecule has 6 heteroatoms. The van der Waals surface area contributed by atoms with Gasteiger partial charge in [0.25, 0.3) is 5.91 Å². The molecule has 1 aromatic rings. The Labute approximate surface area is 93.9 Å². The number of amides is 1. The number of carbonyl (C=O) groups excluding carboxylic acids is 1. The summed E-state index contributed by atoms with van der Waals surface area (Å²) in [5.41, 5.74) is 11.3. The van der Waals surface area contributed by atoms with E-state index in [2.05, 4.69) is 4.98 Å². The van der Waals surface area contributed by atoms with E-state index in [1.807, 2.05) is 11.8 Å². The molecular formula is C10H16N4O2. The maximum Gasteiger partial charge on any atom is 0.250 e. The van der Waals surface area contributed by atoms with Gasteiger partial charge in [-0.2, -0.15) is 0 Å². The minimum Gasteiger partial charge on any atom is -0.397 e. The topological polar surface area (TPSA) is 105 Å². The maximum absolute atomic E-state index is 11.1. The molecule has 0 saturated carbocycles. The van der Waals surface area contributed by atoms with Crippen LogP contribution in [-0.2, 0) is 0 Å². The molecule has 5 N–H and O–H groups in total.